The standard InChI is InChI=1S/C14H11ClN2O3S/c15-11-3-4-13(17(18)19)14(7-11)20-8-12-6-10(9-21-12)2-1-5-16/h3-4,6-7,9H,5,8,16H2. The number of nitrogens with zero attached hydrogens (tertiary/aromatic N) is 1. The lowest BCUT2D eigenvalue weighted by Gasteiger charge is -2.05. The zero-order valence-corrected chi connectivity index (χ0v) is 12.4. The molecule has 5 nitrogen and oxygen atoms in total. The number of hydrogen-bond donors (Lipinski definition) is 1. The molecule has 0 saturated heterocycles. The maximum absolute atomic E-state index is 10.9. The zero-order valence-electron chi connectivity index (χ0n) is 10.8. The van der Waals surface area contributed by atoms with Crippen molar-refractivity contribution in [1.29, 1.82) is 0 Å². The molecule has 2 rings (SSSR count). The van der Waals surface area contributed by atoms with Crippen molar-refractivity contribution in [2.24, 2.45) is 5.73 Å². The molecule has 1 aromatic heterocycles. The number of rotatable bonds is 4. The number of ether oxygens (including phenoxy) is 1. The summed E-state index contributed by atoms with van der Waals surface area (Å²) in [7, 11) is 0. The monoisotopic (exact) mass is 322 g/mol. The van der Waals surface area contributed by atoms with E-state index in [0.717, 1.165) is 10.4 Å². The Kier molecular flexibility index (Phi) is 5.17. The molecular weight excluding hydrogens is 312 g/mol. The minimum atomic E-state index is -0.502. The number of hydrogen-bond acceptors (Lipinski definition) is 5. The van der Waals surface area contributed by atoms with E-state index in [1.165, 1.54) is 29.5 Å². The second kappa shape index (κ2) is 7.09. The molecule has 0 unspecified atom stereocenters. The van der Waals surface area contributed by atoms with Gasteiger partial charge < -0.3 is 10.5 Å². The molecule has 2 N–H and O–H groups in total. The van der Waals surface area contributed by atoms with Crippen molar-refractivity contribution in [2.45, 2.75) is 6.61 Å². The van der Waals surface area contributed by atoms with Gasteiger partial charge in [0.1, 0.15) is 6.61 Å². The molecule has 7 heteroatoms. The average molecular weight is 323 g/mol. The second-order valence-electron chi connectivity index (χ2n) is 3.97. The summed E-state index contributed by atoms with van der Waals surface area (Å²) in [6, 6.07) is 6.08. The van der Waals surface area contributed by atoms with E-state index in [2.05, 4.69) is 11.8 Å². The third kappa shape index (κ3) is 4.20. The summed E-state index contributed by atoms with van der Waals surface area (Å²) in [5.41, 5.74) is 6.05. The Morgan fingerprint density at radius 2 is 2.24 bits per heavy atom. The molecule has 2 aromatic rings. The van der Waals surface area contributed by atoms with Gasteiger partial charge >= 0.3 is 5.69 Å². The maximum Gasteiger partial charge on any atom is 0.311 e. The Balaban J connectivity index is 2.11. The first kappa shape index (κ1) is 15.3. The SMILES string of the molecule is NCC#Cc1csc(COc2cc(Cl)ccc2[N+](=O)[O-])c1. The first-order chi connectivity index (χ1) is 10.1. The summed E-state index contributed by atoms with van der Waals surface area (Å²) < 4.78 is 5.49. The van der Waals surface area contributed by atoms with Crippen LogP contribution < -0.4 is 10.5 Å². The van der Waals surface area contributed by atoms with E-state index in [4.69, 9.17) is 22.1 Å². The lowest BCUT2D eigenvalue weighted by molar-refractivity contribution is -0.385. The Labute approximate surface area is 130 Å². The summed E-state index contributed by atoms with van der Waals surface area (Å²) in [6.07, 6.45) is 0. The van der Waals surface area contributed by atoms with Gasteiger partial charge in [-0.3, -0.25) is 10.1 Å². The van der Waals surface area contributed by atoms with Crippen molar-refractivity contribution >= 4 is 28.6 Å². The minimum Gasteiger partial charge on any atom is -0.481 e. The van der Waals surface area contributed by atoms with E-state index in [0.29, 0.717) is 11.6 Å². The fourth-order valence-electron chi connectivity index (χ4n) is 1.58. The van der Waals surface area contributed by atoms with Crippen LogP contribution in [0.5, 0.6) is 5.75 Å². The first-order valence-electron chi connectivity index (χ1n) is 5.93. The van der Waals surface area contributed by atoms with Crippen LogP contribution in [0.4, 0.5) is 5.69 Å². The maximum atomic E-state index is 10.9. The summed E-state index contributed by atoms with van der Waals surface area (Å²) in [6.45, 7) is 0.520. The van der Waals surface area contributed by atoms with Gasteiger partial charge in [-0.25, -0.2) is 0 Å². The number of halogens is 1. The van der Waals surface area contributed by atoms with Crippen LogP contribution in [-0.2, 0) is 6.61 Å². The smallest absolute Gasteiger partial charge is 0.311 e. The number of thiophene rings is 1. The van der Waals surface area contributed by atoms with Gasteiger partial charge in [-0.2, -0.15) is 0 Å². The van der Waals surface area contributed by atoms with Gasteiger partial charge in [0, 0.05) is 33.0 Å². The quantitative estimate of drug-likeness (QED) is 0.532. The van der Waals surface area contributed by atoms with Crippen LogP contribution in [0, 0.1) is 22.0 Å². The van der Waals surface area contributed by atoms with Crippen molar-refractivity contribution in [3.63, 3.8) is 0 Å². The number of benzene rings is 1. The molecule has 0 bridgehead atoms. The molecule has 0 aliphatic heterocycles. The Bertz CT molecular complexity index is 718. The number of nitro benzene ring substituents is 1. The molecule has 0 radical (unpaired) electrons. The Morgan fingerprint density at radius 1 is 1.43 bits per heavy atom. The van der Waals surface area contributed by atoms with Crippen LogP contribution in [0.1, 0.15) is 10.4 Å². The topological polar surface area (TPSA) is 78.4 Å². The molecule has 0 aliphatic rings. The van der Waals surface area contributed by atoms with Gasteiger partial charge in [0.25, 0.3) is 0 Å². The second-order valence-corrected chi connectivity index (χ2v) is 5.40. The summed E-state index contributed by atoms with van der Waals surface area (Å²) in [5.74, 6) is 5.82. The van der Waals surface area contributed by atoms with Crippen LogP contribution in [0.3, 0.4) is 0 Å². The molecule has 0 aliphatic carbocycles. The molecular formula is C14H11ClN2O3S. The van der Waals surface area contributed by atoms with Crippen LogP contribution in [0.15, 0.2) is 29.6 Å². The lowest BCUT2D eigenvalue weighted by Crippen LogP contribution is -1.97. The van der Waals surface area contributed by atoms with Crippen molar-refractivity contribution in [2.75, 3.05) is 6.54 Å². The van der Waals surface area contributed by atoms with Gasteiger partial charge in [0.2, 0.25) is 0 Å². The van der Waals surface area contributed by atoms with Gasteiger partial charge in [-0.1, -0.05) is 23.4 Å². The fraction of sp³-hybridized carbons (Fsp3) is 0.143. The molecule has 108 valence electrons. The lowest BCUT2D eigenvalue weighted by atomic mass is 10.3. The van der Waals surface area contributed by atoms with E-state index in [-0.39, 0.29) is 18.0 Å². The van der Waals surface area contributed by atoms with Crippen LogP contribution in [0.2, 0.25) is 5.02 Å². The summed E-state index contributed by atoms with van der Waals surface area (Å²) >= 11 is 7.30. The fourth-order valence-corrected chi connectivity index (χ4v) is 2.47. The van der Waals surface area contributed by atoms with Crippen LogP contribution >= 0.6 is 22.9 Å². The van der Waals surface area contributed by atoms with Crippen LogP contribution in [-0.4, -0.2) is 11.5 Å². The van der Waals surface area contributed by atoms with Gasteiger partial charge in [-0.15, -0.1) is 11.3 Å². The van der Waals surface area contributed by atoms with Crippen molar-refractivity contribution in [3.8, 4) is 17.6 Å². The van der Waals surface area contributed by atoms with E-state index >= 15 is 0 Å². The van der Waals surface area contributed by atoms with E-state index in [1.54, 1.807) is 0 Å². The number of nitrogens with two attached hydrogens (primary N) is 1. The highest BCUT2D eigenvalue weighted by Gasteiger charge is 2.15. The largest absolute Gasteiger partial charge is 0.481 e. The predicted molar refractivity (Wildman–Crippen MR) is 82.7 cm³/mol. The predicted octanol–water partition coefficient (Wildman–Crippen LogP) is 3.20. The van der Waals surface area contributed by atoms with Crippen molar-refractivity contribution in [1.82, 2.24) is 0 Å². The van der Waals surface area contributed by atoms with Gasteiger partial charge in [-0.05, 0) is 12.1 Å². The number of nitro groups is 1. The Hall–Kier alpha value is -2.07. The summed E-state index contributed by atoms with van der Waals surface area (Å²) in [4.78, 5) is 11.3. The molecule has 0 atom stereocenters. The molecule has 1 aromatic carbocycles. The third-order valence-corrected chi connectivity index (χ3v) is 3.62. The molecule has 0 saturated carbocycles. The highest BCUT2D eigenvalue weighted by molar-refractivity contribution is 7.10. The molecule has 0 amide bonds. The Morgan fingerprint density at radius 3 is 2.95 bits per heavy atom. The van der Waals surface area contributed by atoms with Crippen molar-refractivity contribution in [3.05, 3.63) is 55.2 Å². The average Bonchev–Trinajstić information content (AvgIpc) is 2.90. The highest BCUT2D eigenvalue weighted by Crippen LogP contribution is 2.31. The van der Waals surface area contributed by atoms with E-state index in [9.17, 15) is 10.1 Å². The van der Waals surface area contributed by atoms with Crippen molar-refractivity contribution < 1.29 is 9.66 Å². The van der Waals surface area contributed by atoms with Gasteiger partial charge in [0.05, 0.1) is 11.5 Å². The third-order valence-electron chi connectivity index (χ3n) is 2.48. The first-order valence-corrected chi connectivity index (χ1v) is 7.19. The van der Waals surface area contributed by atoms with E-state index in [1.807, 2.05) is 11.4 Å². The van der Waals surface area contributed by atoms with Crippen LogP contribution in [0.25, 0.3) is 0 Å². The zero-order chi connectivity index (χ0) is 15.2. The molecule has 1 heterocycles. The van der Waals surface area contributed by atoms with Gasteiger partial charge in [0.15, 0.2) is 5.75 Å². The normalized spacial score (nSPS) is 9.81. The minimum absolute atomic E-state index is 0.112. The summed E-state index contributed by atoms with van der Waals surface area (Å²) in [5, 5.41) is 13.2. The molecule has 0 fully saturated rings. The highest BCUT2D eigenvalue weighted by atomic mass is 35.5. The molecule has 0 spiro atoms. The van der Waals surface area contributed by atoms with E-state index < -0.39 is 4.92 Å². The molecule has 21 heavy (non-hydrogen) atoms.